The fourth-order valence-electron chi connectivity index (χ4n) is 3.18. The third-order valence-electron chi connectivity index (χ3n) is 4.95. The largest absolute Gasteiger partial charge is 0.360 e. The van der Waals surface area contributed by atoms with E-state index in [2.05, 4.69) is 22.6 Å². The van der Waals surface area contributed by atoms with Gasteiger partial charge in [0.25, 0.3) is 0 Å². The van der Waals surface area contributed by atoms with E-state index in [4.69, 9.17) is 4.52 Å². The van der Waals surface area contributed by atoms with Crippen molar-refractivity contribution in [2.75, 3.05) is 11.9 Å². The minimum atomic E-state index is -0.260. The molecule has 1 heterocycles. The predicted octanol–water partition coefficient (Wildman–Crippen LogP) is 3.35. The number of carbonyl (C=O) groups excluding carboxylic acids is 2. The number of hydrogen-bond acceptors (Lipinski definition) is 4. The quantitative estimate of drug-likeness (QED) is 0.826. The Labute approximate surface area is 153 Å². The first-order valence-corrected chi connectivity index (χ1v) is 9.08. The molecule has 1 aliphatic carbocycles. The summed E-state index contributed by atoms with van der Waals surface area (Å²) in [5.74, 6) is 1.02. The van der Waals surface area contributed by atoms with E-state index in [0.29, 0.717) is 11.6 Å². The number of anilines is 1. The van der Waals surface area contributed by atoms with Crippen LogP contribution in [0.5, 0.6) is 0 Å². The van der Waals surface area contributed by atoms with Gasteiger partial charge >= 0.3 is 0 Å². The lowest BCUT2D eigenvalue weighted by Gasteiger charge is -2.28. The summed E-state index contributed by atoms with van der Waals surface area (Å²) in [6.45, 7) is 5.78. The molecule has 0 spiro atoms. The zero-order valence-corrected chi connectivity index (χ0v) is 15.4. The Morgan fingerprint density at radius 2 is 2.08 bits per heavy atom. The van der Waals surface area contributed by atoms with Crippen molar-refractivity contribution >= 4 is 17.6 Å². The van der Waals surface area contributed by atoms with Gasteiger partial charge in [-0.2, -0.15) is 0 Å². The lowest BCUT2D eigenvalue weighted by Crippen LogP contribution is -2.44. The van der Waals surface area contributed by atoms with Gasteiger partial charge in [0.05, 0.1) is 0 Å². The molecule has 26 heavy (non-hydrogen) atoms. The maximum absolute atomic E-state index is 13.0. The SMILES string of the molecule is CC[C@H](C)N(CC(=O)Nc1cc(C)on1)C(=O)[C@H]1C[C@H]1c1ccccc1. The summed E-state index contributed by atoms with van der Waals surface area (Å²) < 4.78 is 4.95. The van der Waals surface area contributed by atoms with E-state index in [1.807, 2.05) is 32.0 Å². The lowest BCUT2D eigenvalue weighted by atomic mass is 10.1. The first-order chi connectivity index (χ1) is 12.5. The molecule has 0 radical (unpaired) electrons. The van der Waals surface area contributed by atoms with Crippen molar-refractivity contribution in [1.82, 2.24) is 10.1 Å². The molecule has 6 nitrogen and oxygen atoms in total. The van der Waals surface area contributed by atoms with Gasteiger partial charge < -0.3 is 14.7 Å². The van der Waals surface area contributed by atoms with Crippen LogP contribution in [0.4, 0.5) is 5.82 Å². The maximum atomic E-state index is 13.0. The van der Waals surface area contributed by atoms with Crippen LogP contribution in [-0.2, 0) is 9.59 Å². The average Bonchev–Trinajstić information content (AvgIpc) is 3.35. The van der Waals surface area contributed by atoms with Crippen LogP contribution in [0.3, 0.4) is 0 Å². The fraction of sp³-hybridized carbons (Fsp3) is 0.450. The van der Waals surface area contributed by atoms with E-state index in [0.717, 1.165) is 12.8 Å². The number of aromatic nitrogens is 1. The Kier molecular flexibility index (Phi) is 5.40. The number of nitrogens with one attached hydrogen (secondary N) is 1. The normalized spacial score (nSPS) is 19.7. The molecule has 2 amide bonds. The third kappa shape index (κ3) is 4.12. The standard InChI is InChI=1S/C20H25N3O3/c1-4-13(2)23(12-19(24)21-18-10-14(3)26-22-18)20(25)17-11-16(17)15-8-6-5-7-9-15/h5-10,13,16-17H,4,11-12H2,1-3H3,(H,21,22,24)/t13-,16-,17-/m0/s1. The second-order valence-corrected chi connectivity index (χ2v) is 6.95. The lowest BCUT2D eigenvalue weighted by molar-refractivity contribution is -0.138. The summed E-state index contributed by atoms with van der Waals surface area (Å²) in [5, 5.41) is 6.45. The van der Waals surface area contributed by atoms with Gasteiger partial charge in [0, 0.05) is 18.0 Å². The van der Waals surface area contributed by atoms with Crippen LogP contribution in [0.25, 0.3) is 0 Å². The van der Waals surface area contributed by atoms with Crippen LogP contribution >= 0.6 is 0 Å². The van der Waals surface area contributed by atoms with E-state index < -0.39 is 0 Å². The highest BCUT2D eigenvalue weighted by Crippen LogP contribution is 2.48. The van der Waals surface area contributed by atoms with E-state index in [9.17, 15) is 9.59 Å². The molecule has 1 N–H and O–H groups in total. The van der Waals surface area contributed by atoms with E-state index in [-0.39, 0.29) is 36.2 Å². The molecular formula is C20H25N3O3. The molecule has 0 bridgehead atoms. The molecule has 1 fully saturated rings. The van der Waals surface area contributed by atoms with E-state index >= 15 is 0 Å². The second kappa shape index (κ2) is 7.72. The van der Waals surface area contributed by atoms with Gasteiger partial charge in [0.1, 0.15) is 12.3 Å². The van der Waals surface area contributed by atoms with Gasteiger partial charge in [0.15, 0.2) is 5.82 Å². The Morgan fingerprint density at radius 3 is 2.69 bits per heavy atom. The fourth-order valence-corrected chi connectivity index (χ4v) is 3.18. The summed E-state index contributed by atoms with van der Waals surface area (Å²) in [7, 11) is 0. The van der Waals surface area contributed by atoms with Crippen molar-refractivity contribution in [2.24, 2.45) is 5.92 Å². The first kappa shape index (κ1) is 18.2. The van der Waals surface area contributed by atoms with Crippen molar-refractivity contribution in [3.63, 3.8) is 0 Å². The van der Waals surface area contributed by atoms with Crippen LogP contribution in [0, 0.1) is 12.8 Å². The minimum absolute atomic E-state index is 0.00400. The number of benzene rings is 1. The predicted molar refractivity (Wildman–Crippen MR) is 98.6 cm³/mol. The molecule has 2 aromatic rings. The second-order valence-electron chi connectivity index (χ2n) is 6.95. The number of rotatable bonds is 7. The van der Waals surface area contributed by atoms with Crippen molar-refractivity contribution in [3.05, 3.63) is 47.7 Å². The summed E-state index contributed by atoms with van der Waals surface area (Å²) in [6.07, 6.45) is 1.64. The summed E-state index contributed by atoms with van der Waals surface area (Å²) in [4.78, 5) is 27.0. The molecule has 1 aromatic carbocycles. The molecule has 3 atom stereocenters. The van der Waals surface area contributed by atoms with Gasteiger partial charge in [-0.05, 0) is 38.2 Å². The number of hydrogen-bond donors (Lipinski definition) is 1. The Balaban J connectivity index is 1.64. The Morgan fingerprint density at radius 1 is 1.35 bits per heavy atom. The highest BCUT2D eigenvalue weighted by Gasteiger charge is 2.46. The van der Waals surface area contributed by atoms with Crippen LogP contribution in [0.1, 0.15) is 43.9 Å². The molecule has 1 aromatic heterocycles. The van der Waals surface area contributed by atoms with Crippen molar-refractivity contribution in [3.8, 4) is 0 Å². The smallest absolute Gasteiger partial charge is 0.245 e. The minimum Gasteiger partial charge on any atom is -0.360 e. The number of amides is 2. The Hall–Kier alpha value is -2.63. The zero-order chi connectivity index (χ0) is 18.7. The van der Waals surface area contributed by atoms with Gasteiger partial charge in [-0.1, -0.05) is 42.4 Å². The summed E-state index contributed by atoms with van der Waals surface area (Å²) in [6, 6.07) is 11.7. The van der Waals surface area contributed by atoms with Gasteiger partial charge in [-0.25, -0.2) is 0 Å². The van der Waals surface area contributed by atoms with Crippen molar-refractivity contribution in [2.45, 2.75) is 45.6 Å². The van der Waals surface area contributed by atoms with Crippen LogP contribution in [-0.4, -0.2) is 34.5 Å². The molecule has 0 aliphatic heterocycles. The third-order valence-corrected chi connectivity index (χ3v) is 4.95. The van der Waals surface area contributed by atoms with Crippen molar-refractivity contribution in [1.29, 1.82) is 0 Å². The number of nitrogens with zero attached hydrogens (tertiary/aromatic N) is 2. The number of aryl methyl sites for hydroxylation is 1. The molecule has 0 unspecified atom stereocenters. The molecule has 3 rings (SSSR count). The monoisotopic (exact) mass is 355 g/mol. The van der Waals surface area contributed by atoms with E-state index in [1.165, 1.54) is 5.56 Å². The maximum Gasteiger partial charge on any atom is 0.245 e. The van der Waals surface area contributed by atoms with Gasteiger partial charge in [0.2, 0.25) is 11.8 Å². The molecule has 1 aliphatic rings. The average molecular weight is 355 g/mol. The highest BCUT2D eigenvalue weighted by molar-refractivity contribution is 5.94. The molecule has 0 saturated heterocycles. The summed E-state index contributed by atoms with van der Waals surface area (Å²) in [5.41, 5.74) is 1.19. The first-order valence-electron chi connectivity index (χ1n) is 9.08. The summed E-state index contributed by atoms with van der Waals surface area (Å²) >= 11 is 0. The van der Waals surface area contributed by atoms with Gasteiger partial charge in [-0.3, -0.25) is 9.59 Å². The van der Waals surface area contributed by atoms with E-state index in [1.54, 1.807) is 17.9 Å². The zero-order valence-electron chi connectivity index (χ0n) is 15.4. The highest BCUT2D eigenvalue weighted by atomic mass is 16.5. The Bertz CT molecular complexity index is 772. The molecule has 138 valence electrons. The molecule has 1 saturated carbocycles. The molecule has 6 heteroatoms. The van der Waals surface area contributed by atoms with Crippen LogP contribution in [0.15, 0.2) is 40.9 Å². The van der Waals surface area contributed by atoms with Gasteiger partial charge in [-0.15, -0.1) is 0 Å². The molecular weight excluding hydrogens is 330 g/mol. The topological polar surface area (TPSA) is 75.4 Å². The van der Waals surface area contributed by atoms with Crippen LogP contribution in [0.2, 0.25) is 0 Å². The van der Waals surface area contributed by atoms with Crippen molar-refractivity contribution < 1.29 is 14.1 Å². The number of carbonyl (C=O) groups is 2. The van der Waals surface area contributed by atoms with Crippen LogP contribution < -0.4 is 5.32 Å².